The van der Waals surface area contributed by atoms with Gasteiger partial charge in [-0.2, -0.15) is 0 Å². The Morgan fingerprint density at radius 3 is 2.25 bits per heavy atom. The van der Waals surface area contributed by atoms with Gasteiger partial charge in [-0.15, -0.1) is 0 Å². The molecule has 0 saturated heterocycles. The van der Waals surface area contributed by atoms with E-state index in [2.05, 4.69) is 22.6 Å². The molecule has 0 aromatic heterocycles. The summed E-state index contributed by atoms with van der Waals surface area (Å²) in [6, 6.07) is 0. The minimum atomic E-state index is -0.341. The summed E-state index contributed by atoms with van der Waals surface area (Å²) < 4.78 is 0.986. The minimum Gasteiger partial charge on any atom is -0.233 e. The Balaban J connectivity index is 3.29. The maximum atomic E-state index is 10.8. The van der Waals surface area contributed by atoms with E-state index in [1.165, 1.54) is 0 Å². The third-order valence-electron chi connectivity index (χ3n) is 1.28. The van der Waals surface area contributed by atoms with Crippen LogP contribution in [-0.4, -0.2) is 10.5 Å². The van der Waals surface area contributed by atoms with Crippen molar-refractivity contribution < 1.29 is 5.11 Å². The second-order valence-corrected chi connectivity index (χ2v) is 2.96. The molecule has 1 nitrogen and oxygen atoms in total. The van der Waals surface area contributed by atoms with Crippen molar-refractivity contribution in [2.45, 2.75) is 26.4 Å². The zero-order valence-electron chi connectivity index (χ0n) is 5.36. The lowest BCUT2D eigenvalue weighted by atomic mass is 10.1. The predicted molar refractivity (Wildman–Crippen MR) is 42.8 cm³/mol. The summed E-state index contributed by atoms with van der Waals surface area (Å²) in [4.78, 5) is 0. The molecular weight excluding hydrogens is 215 g/mol. The fraction of sp³-hybridized carbons (Fsp3) is 1.00. The molecule has 0 spiro atoms. The fourth-order valence-corrected chi connectivity index (χ4v) is 1.07. The summed E-state index contributed by atoms with van der Waals surface area (Å²) in [5.74, 6) is 0.348. The van der Waals surface area contributed by atoms with E-state index in [0.29, 0.717) is 5.92 Å². The third kappa shape index (κ3) is 2.87. The highest BCUT2D eigenvalue weighted by molar-refractivity contribution is 14.1. The zero-order valence-corrected chi connectivity index (χ0v) is 7.51. The van der Waals surface area contributed by atoms with Crippen molar-refractivity contribution in [2.24, 2.45) is 5.92 Å². The van der Waals surface area contributed by atoms with Gasteiger partial charge in [0.05, 0.1) is 6.10 Å². The number of alkyl halides is 1. The Hall–Kier alpha value is 0.690. The number of halogens is 1. The van der Waals surface area contributed by atoms with Crippen molar-refractivity contribution in [1.29, 1.82) is 0 Å². The van der Waals surface area contributed by atoms with Gasteiger partial charge in [0.15, 0.2) is 0 Å². The van der Waals surface area contributed by atoms with Crippen LogP contribution in [0.15, 0.2) is 0 Å². The molecule has 0 saturated carbocycles. The summed E-state index contributed by atoms with van der Waals surface area (Å²) >= 11 is 2.25. The lowest BCUT2D eigenvalue weighted by Crippen LogP contribution is -2.15. The van der Waals surface area contributed by atoms with Gasteiger partial charge >= 0.3 is 0 Å². The van der Waals surface area contributed by atoms with Crippen molar-refractivity contribution in [2.75, 3.05) is 4.43 Å². The highest BCUT2D eigenvalue weighted by Crippen LogP contribution is 2.09. The molecular formula is C6H12IO. The molecule has 0 fully saturated rings. The first-order chi connectivity index (χ1) is 3.72. The van der Waals surface area contributed by atoms with Crippen LogP contribution in [0.4, 0.5) is 0 Å². The number of hydrogen-bond donors (Lipinski definition) is 0. The topological polar surface area (TPSA) is 19.9 Å². The van der Waals surface area contributed by atoms with E-state index in [9.17, 15) is 5.11 Å². The molecule has 0 aromatic rings. The van der Waals surface area contributed by atoms with E-state index in [1.54, 1.807) is 0 Å². The second kappa shape index (κ2) is 4.56. The molecule has 0 aliphatic rings. The molecule has 0 aliphatic carbocycles. The first-order valence-electron chi connectivity index (χ1n) is 2.94. The number of hydrogen-bond acceptors (Lipinski definition) is 0. The van der Waals surface area contributed by atoms with Crippen LogP contribution in [0.3, 0.4) is 0 Å². The monoisotopic (exact) mass is 227 g/mol. The smallest absolute Gasteiger partial charge is 0.0960 e. The van der Waals surface area contributed by atoms with Crippen LogP contribution in [0.1, 0.15) is 20.3 Å². The fourth-order valence-electron chi connectivity index (χ4n) is 0.502. The van der Waals surface area contributed by atoms with Crippen LogP contribution in [0, 0.1) is 5.92 Å². The Morgan fingerprint density at radius 1 is 1.62 bits per heavy atom. The molecule has 0 N–H and O–H groups in total. The van der Waals surface area contributed by atoms with Crippen LogP contribution in [-0.2, 0) is 5.11 Å². The Morgan fingerprint density at radius 2 is 2.12 bits per heavy atom. The van der Waals surface area contributed by atoms with Gasteiger partial charge in [-0.25, -0.2) is 5.11 Å². The highest BCUT2D eigenvalue weighted by Gasteiger charge is 2.10. The molecule has 0 amide bonds. The maximum Gasteiger partial charge on any atom is 0.0960 e. The Bertz CT molecular complexity index is 48.5. The zero-order chi connectivity index (χ0) is 6.57. The molecule has 0 bridgehead atoms. The van der Waals surface area contributed by atoms with Gasteiger partial charge in [0, 0.05) is 4.43 Å². The Labute approximate surface area is 64.6 Å². The average molecular weight is 227 g/mol. The first-order valence-corrected chi connectivity index (χ1v) is 4.46. The minimum absolute atomic E-state index is 0.341. The molecule has 0 heterocycles. The van der Waals surface area contributed by atoms with Crippen molar-refractivity contribution in [3.8, 4) is 0 Å². The van der Waals surface area contributed by atoms with Crippen molar-refractivity contribution in [1.82, 2.24) is 0 Å². The molecule has 8 heavy (non-hydrogen) atoms. The van der Waals surface area contributed by atoms with Crippen LogP contribution >= 0.6 is 22.6 Å². The van der Waals surface area contributed by atoms with E-state index >= 15 is 0 Å². The first kappa shape index (κ1) is 8.69. The Kier molecular flexibility index (Phi) is 4.95. The van der Waals surface area contributed by atoms with E-state index in [1.807, 2.05) is 13.8 Å². The normalized spacial score (nSPS) is 18.0. The highest BCUT2D eigenvalue weighted by atomic mass is 127. The van der Waals surface area contributed by atoms with Crippen molar-refractivity contribution in [3.63, 3.8) is 0 Å². The lowest BCUT2D eigenvalue weighted by molar-refractivity contribution is 0.0493. The summed E-state index contributed by atoms with van der Waals surface area (Å²) in [6.07, 6.45) is 0.427. The summed E-state index contributed by atoms with van der Waals surface area (Å²) in [5.41, 5.74) is 0. The van der Waals surface area contributed by atoms with Gasteiger partial charge < -0.3 is 0 Å². The van der Waals surface area contributed by atoms with E-state index < -0.39 is 0 Å². The standard InChI is InChI=1S/C6H12IO/c1-3-6(8)5(2)4-7/h5-6H,3-4H2,1-2H3. The predicted octanol–water partition coefficient (Wildman–Crippen LogP) is 2.27. The molecule has 0 aliphatic heterocycles. The molecule has 0 rings (SSSR count). The lowest BCUT2D eigenvalue weighted by Gasteiger charge is -2.10. The van der Waals surface area contributed by atoms with Gasteiger partial charge in [0.2, 0.25) is 0 Å². The maximum absolute atomic E-state index is 10.8. The quantitative estimate of drug-likeness (QED) is 0.520. The second-order valence-electron chi connectivity index (χ2n) is 2.08. The van der Waals surface area contributed by atoms with Gasteiger partial charge in [-0.1, -0.05) is 36.4 Å². The van der Waals surface area contributed by atoms with Crippen molar-refractivity contribution >= 4 is 22.6 Å². The average Bonchev–Trinajstić information content (AvgIpc) is 1.84. The van der Waals surface area contributed by atoms with Crippen LogP contribution in [0.5, 0.6) is 0 Å². The summed E-state index contributed by atoms with van der Waals surface area (Å²) in [6.45, 7) is 3.95. The van der Waals surface area contributed by atoms with Crippen LogP contribution in [0.25, 0.3) is 0 Å². The van der Waals surface area contributed by atoms with Gasteiger partial charge in [0.25, 0.3) is 0 Å². The van der Waals surface area contributed by atoms with E-state index in [4.69, 9.17) is 0 Å². The summed E-state index contributed by atoms with van der Waals surface area (Å²) in [5, 5.41) is 10.8. The summed E-state index contributed by atoms with van der Waals surface area (Å²) in [7, 11) is 0. The van der Waals surface area contributed by atoms with Crippen LogP contribution < -0.4 is 0 Å². The van der Waals surface area contributed by atoms with E-state index in [-0.39, 0.29) is 6.10 Å². The number of rotatable bonds is 3. The molecule has 2 atom stereocenters. The molecule has 0 aromatic carbocycles. The van der Waals surface area contributed by atoms with E-state index in [0.717, 1.165) is 10.8 Å². The SMILES string of the molecule is CCC([O])C(C)CI. The molecule has 1 radical (unpaired) electrons. The van der Waals surface area contributed by atoms with Gasteiger partial charge in [0.1, 0.15) is 0 Å². The molecule has 2 heteroatoms. The van der Waals surface area contributed by atoms with Crippen LogP contribution in [0.2, 0.25) is 0 Å². The van der Waals surface area contributed by atoms with Gasteiger partial charge in [-0.3, -0.25) is 0 Å². The largest absolute Gasteiger partial charge is 0.233 e. The third-order valence-corrected chi connectivity index (χ3v) is 2.67. The molecule has 2 unspecified atom stereocenters. The van der Waals surface area contributed by atoms with Gasteiger partial charge in [-0.05, 0) is 12.3 Å². The van der Waals surface area contributed by atoms with Crippen molar-refractivity contribution in [3.05, 3.63) is 0 Å². The molecule has 49 valence electrons.